The molecule has 0 saturated heterocycles. The van der Waals surface area contributed by atoms with Crippen LogP contribution in [0.4, 0.5) is 0 Å². The summed E-state index contributed by atoms with van der Waals surface area (Å²) < 4.78 is 0.443. The van der Waals surface area contributed by atoms with E-state index in [-0.39, 0.29) is 4.87 Å². The van der Waals surface area contributed by atoms with Gasteiger partial charge in [-0.2, -0.15) is 0 Å². The predicted molar refractivity (Wildman–Crippen MR) is 54.9 cm³/mol. The standard InChI is InChI=1S/C10H14BrCl/c11-9-2-7-1-8(3-9)5-10(12,4-7)6-9/h7-8H,1-6H2/t7-,8+,9?,10?. The Hall–Kier alpha value is 0.770. The molecule has 4 bridgehead atoms. The van der Waals surface area contributed by atoms with E-state index in [4.69, 9.17) is 11.6 Å². The fraction of sp³-hybridized carbons (Fsp3) is 1.00. The van der Waals surface area contributed by atoms with Crippen molar-refractivity contribution in [1.29, 1.82) is 0 Å². The topological polar surface area (TPSA) is 0 Å². The summed E-state index contributed by atoms with van der Waals surface area (Å²) in [6.07, 6.45) is 8.03. The first-order valence-corrected chi connectivity index (χ1v) is 6.12. The lowest BCUT2D eigenvalue weighted by molar-refractivity contribution is 0.0571. The minimum atomic E-state index is 0.188. The van der Waals surface area contributed by atoms with Gasteiger partial charge in [-0.15, -0.1) is 11.6 Å². The largest absolute Gasteiger partial charge is 0.119 e. The van der Waals surface area contributed by atoms with Gasteiger partial charge in [0.05, 0.1) is 0 Å². The third-order valence-corrected chi connectivity index (χ3v) is 5.29. The zero-order chi connectivity index (χ0) is 8.40. The summed E-state index contributed by atoms with van der Waals surface area (Å²) in [4.78, 5) is 0.188. The maximum atomic E-state index is 6.59. The molecule has 0 aromatic heterocycles. The summed E-state index contributed by atoms with van der Waals surface area (Å²) in [6, 6.07) is 0. The van der Waals surface area contributed by atoms with Crippen LogP contribution < -0.4 is 0 Å². The maximum absolute atomic E-state index is 6.59. The smallest absolute Gasteiger partial charge is 0.0465 e. The molecule has 4 rings (SSSR count). The molecule has 0 aliphatic heterocycles. The Morgan fingerprint density at radius 2 is 1.67 bits per heavy atom. The lowest BCUT2D eigenvalue weighted by Gasteiger charge is -2.58. The van der Waals surface area contributed by atoms with Gasteiger partial charge in [-0.25, -0.2) is 0 Å². The molecule has 0 spiro atoms. The molecule has 4 atom stereocenters. The fourth-order valence-electron chi connectivity index (χ4n) is 4.04. The van der Waals surface area contributed by atoms with E-state index in [1.165, 1.54) is 38.5 Å². The second-order valence-corrected chi connectivity index (χ2v) is 7.75. The van der Waals surface area contributed by atoms with Crippen molar-refractivity contribution in [3.63, 3.8) is 0 Å². The van der Waals surface area contributed by atoms with Crippen molar-refractivity contribution in [2.24, 2.45) is 11.8 Å². The summed E-state index contributed by atoms with van der Waals surface area (Å²) in [7, 11) is 0. The van der Waals surface area contributed by atoms with Crippen molar-refractivity contribution in [1.82, 2.24) is 0 Å². The number of halogens is 2. The Morgan fingerprint density at radius 3 is 2.08 bits per heavy atom. The fourth-order valence-corrected chi connectivity index (χ4v) is 6.35. The first-order chi connectivity index (χ1) is 5.57. The molecule has 0 nitrogen and oxygen atoms in total. The lowest BCUT2D eigenvalue weighted by Crippen LogP contribution is -2.53. The van der Waals surface area contributed by atoms with Crippen LogP contribution in [-0.4, -0.2) is 9.20 Å². The Morgan fingerprint density at radius 1 is 1.08 bits per heavy atom. The predicted octanol–water partition coefficient (Wildman–Crippen LogP) is 3.71. The van der Waals surface area contributed by atoms with Crippen LogP contribution >= 0.6 is 27.5 Å². The lowest BCUT2D eigenvalue weighted by atomic mass is 9.56. The molecule has 0 amide bonds. The second kappa shape index (κ2) is 2.23. The van der Waals surface area contributed by atoms with Gasteiger partial charge in [-0.1, -0.05) is 15.9 Å². The van der Waals surface area contributed by atoms with Crippen LogP contribution in [0.1, 0.15) is 38.5 Å². The average Bonchev–Trinajstić information content (AvgIpc) is 1.75. The van der Waals surface area contributed by atoms with E-state index in [1.807, 2.05) is 0 Å². The van der Waals surface area contributed by atoms with Crippen LogP contribution in [0, 0.1) is 11.8 Å². The van der Waals surface area contributed by atoms with Crippen molar-refractivity contribution in [3.05, 3.63) is 0 Å². The molecule has 4 aliphatic carbocycles. The van der Waals surface area contributed by atoms with Gasteiger partial charge >= 0.3 is 0 Å². The molecule has 2 unspecified atom stereocenters. The number of rotatable bonds is 0. The molecule has 4 saturated carbocycles. The average molecular weight is 250 g/mol. The van der Waals surface area contributed by atoms with Crippen LogP contribution in [0.25, 0.3) is 0 Å². The zero-order valence-electron chi connectivity index (χ0n) is 7.15. The van der Waals surface area contributed by atoms with E-state index < -0.39 is 0 Å². The summed E-state index contributed by atoms with van der Waals surface area (Å²) in [5.74, 6) is 1.87. The molecule has 0 aromatic carbocycles. The summed E-state index contributed by atoms with van der Waals surface area (Å²) in [6.45, 7) is 0. The Labute approximate surface area is 87.2 Å². The monoisotopic (exact) mass is 248 g/mol. The minimum Gasteiger partial charge on any atom is -0.119 e. The van der Waals surface area contributed by atoms with Gasteiger partial charge in [-0.05, 0) is 50.4 Å². The molecule has 0 radical (unpaired) electrons. The van der Waals surface area contributed by atoms with Crippen molar-refractivity contribution >= 4 is 27.5 Å². The highest BCUT2D eigenvalue weighted by Crippen LogP contribution is 2.62. The van der Waals surface area contributed by atoms with E-state index in [0.717, 1.165) is 11.8 Å². The first kappa shape index (κ1) is 8.11. The Balaban J connectivity index is 1.98. The molecule has 0 heterocycles. The molecular weight excluding hydrogens is 235 g/mol. The van der Waals surface area contributed by atoms with Gasteiger partial charge in [0.25, 0.3) is 0 Å². The number of hydrogen-bond donors (Lipinski definition) is 0. The van der Waals surface area contributed by atoms with E-state index in [9.17, 15) is 0 Å². The van der Waals surface area contributed by atoms with Crippen LogP contribution in [-0.2, 0) is 0 Å². The highest BCUT2D eigenvalue weighted by Gasteiger charge is 2.55. The van der Waals surface area contributed by atoms with Gasteiger partial charge in [0.1, 0.15) is 0 Å². The van der Waals surface area contributed by atoms with Gasteiger partial charge < -0.3 is 0 Å². The molecule has 12 heavy (non-hydrogen) atoms. The Bertz CT molecular complexity index is 192. The molecule has 2 heteroatoms. The van der Waals surface area contributed by atoms with Crippen molar-refractivity contribution in [3.8, 4) is 0 Å². The summed E-state index contributed by atoms with van der Waals surface area (Å²) in [5, 5.41) is 0. The zero-order valence-corrected chi connectivity index (χ0v) is 9.50. The highest BCUT2D eigenvalue weighted by molar-refractivity contribution is 9.10. The third kappa shape index (κ3) is 1.09. The molecule has 4 aliphatic rings. The van der Waals surface area contributed by atoms with Gasteiger partial charge in [0.2, 0.25) is 0 Å². The normalized spacial score (nSPS) is 62.5. The third-order valence-electron chi connectivity index (χ3n) is 3.92. The van der Waals surface area contributed by atoms with Crippen LogP contribution in [0.5, 0.6) is 0 Å². The van der Waals surface area contributed by atoms with Crippen LogP contribution in [0.2, 0.25) is 0 Å². The van der Waals surface area contributed by atoms with Crippen LogP contribution in [0.3, 0.4) is 0 Å². The highest BCUT2D eigenvalue weighted by atomic mass is 79.9. The number of alkyl halides is 2. The second-order valence-electron chi connectivity index (χ2n) is 5.26. The maximum Gasteiger partial charge on any atom is 0.0465 e. The minimum absolute atomic E-state index is 0.188. The molecule has 0 N–H and O–H groups in total. The number of hydrogen-bond acceptors (Lipinski definition) is 0. The summed E-state index contributed by atoms with van der Waals surface area (Å²) in [5.41, 5.74) is 0. The van der Waals surface area contributed by atoms with E-state index in [2.05, 4.69) is 15.9 Å². The Kier molecular flexibility index (Phi) is 1.50. The van der Waals surface area contributed by atoms with Gasteiger partial charge in [0.15, 0.2) is 0 Å². The molecule has 0 aromatic rings. The van der Waals surface area contributed by atoms with Gasteiger partial charge in [-0.3, -0.25) is 0 Å². The van der Waals surface area contributed by atoms with Crippen molar-refractivity contribution in [2.45, 2.75) is 47.7 Å². The summed E-state index contributed by atoms with van der Waals surface area (Å²) >= 11 is 10.5. The van der Waals surface area contributed by atoms with Gasteiger partial charge in [0, 0.05) is 9.20 Å². The molecular formula is C10H14BrCl. The SMILES string of the molecule is ClC12C[C@H]3C[C@@H](C1)CC(Br)(C3)C2. The van der Waals surface area contributed by atoms with Crippen molar-refractivity contribution < 1.29 is 0 Å². The molecule has 4 fully saturated rings. The van der Waals surface area contributed by atoms with E-state index >= 15 is 0 Å². The van der Waals surface area contributed by atoms with Crippen LogP contribution in [0.15, 0.2) is 0 Å². The first-order valence-electron chi connectivity index (χ1n) is 4.95. The van der Waals surface area contributed by atoms with Crippen molar-refractivity contribution in [2.75, 3.05) is 0 Å². The van der Waals surface area contributed by atoms with E-state index in [1.54, 1.807) is 0 Å². The quantitative estimate of drug-likeness (QED) is 0.574. The molecule has 68 valence electrons. The van der Waals surface area contributed by atoms with E-state index in [0.29, 0.717) is 4.32 Å².